The lowest BCUT2D eigenvalue weighted by molar-refractivity contribution is -0.274. The highest BCUT2D eigenvalue weighted by Gasteiger charge is 2.31. The second-order valence-electron chi connectivity index (χ2n) is 4.83. The van der Waals surface area contributed by atoms with Gasteiger partial charge >= 0.3 is 6.36 Å². The largest absolute Gasteiger partial charge is 0.573 e. The summed E-state index contributed by atoms with van der Waals surface area (Å²) in [6.07, 6.45) is -4.77. The Bertz CT molecular complexity index is 687. The molecule has 0 saturated carbocycles. The molecule has 0 bridgehead atoms. The van der Waals surface area contributed by atoms with E-state index in [9.17, 15) is 22.4 Å². The fourth-order valence-electron chi connectivity index (χ4n) is 1.85. The summed E-state index contributed by atoms with van der Waals surface area (Å²) in [6, 6.07) is 10.8. The number of nitrogens with one attached hydrogen (secondary N) is 2. The second kappa shape index (κ2) is 7.67. The van der Waals surface area contributed by atoms with Crippen LogP contribution in [-0.4, -0.2) is 18.8 Å². The minimum atomic E-state index is -4.77. The van der Waals surface area contributed by atoms with Crippen LogP contribution < -0.4 is 15.4 Å². The molecule has 2 N–H and O–H groups in total. The van der Waals surface area contributed by atoms with Crippen LogP contribution in [0.25, 0.3) is 0 Å². The molecule has 2 rings (SSSR count). The molecule has 128 valence electrons. The van der Waals surface area contributed by atoms with Crippen molar-refractivity contribution in [3.63, 3.8) is 0 Å². The Balaban J connectivity index is 1.81. The third-order valence-corrected chi connectivity index (χ3v) is 2.92. The molecule has 0 radical (unpaired) electrons. The average Bonchev–Trinajstić information content (AvgIpc) is 2.51. The monoisotopic (exact) mass is 342 g/mol. The Morgan fingerprint density at radius 1 is 1.08 bits per heavy atom. The normalized spacial score (nSPS) is 11.0. The number of anilines is 1. The zero-order chi connectivity index (χ0) is 17.6. The van der Waals surface area contributed by atoms with Crippen molar-refractivity contribution in [2.24, 2.45) is 0 Å². The molecule has 0 aliphatic heterocycles. The third kappa shape index (κ3) is 6.15. The van der Waals surface area contributed by atoms with Gasteiger partial charge in [0.2, 0.25) is 5.91 Å². The molecule has 0 atom stereocenters. The number of hydrogen-bond donors (Lipinski definition) is 2. The van der Waals surface area contributed by atoms with Crippen LogP contribution in [0.4, 0.5) is 23.2 Å². The van der Waals surface area contributed by atoms with Gasteiger partial charge in [0, 0.05) is 18.3 Å². The predicted octanol–water partition coefficient (Wildman–Crippen LogP) is 3.45. The number of carbonyl (C=O) groups is 1. The third-order valence-electron chi connectivity index (χ3n) is 2.92. The van der Waals surface area contributed by atoms with Crippen molar-refractivity contribution < 1.29 is 27.1 Å². The summed E-state index contributed by atoms with van der Waals surface area (Å²) in [4.78, 5) is 11.7. The number of alkyl halides is 3. The van der Waals surface area contributed by atoms with Crippen molar-refractivity contribution in [1.29, 1.82) is 0 Å². The second-order valence-corrected chi connectivity index (χ2v) is 4.83. The molecule has 0 heterocycles. The molecular weight excluding hydrogens is 328 g/mol. The van der Waals surface area contributed by atoms with Crippen LogP contribution in [0.3, 0.4) is 0 Å². The number of amides is 1. The van der Waals surface area contributed by atoms with Gasteiger partial charge in [0.05, 0.1) is 6.54 Å². The fourth-order valence-corrected chi connectivity index (χ4v) is 1.85. The minimum Gasteiger partial charge on any atom is -0.406 e. The lowest BCUT2D eigenvalue weighted by Crippen LogP contribution is -2.29. The number of halogens is 4. The Hall–Kier alpha value is -2.77. The SMILES string of the molecule is O=C(CNc1cccc(OC(F)(F)F)c1)NCc1ccc(F)cc1. The number of hydrogen-bond acceptors (Lipinski definition) is 3. The number of benzene rings is 2. The molecular formula is C16H14F4N2O2. The van der Waals surface area contributed by atoms with Gasteiger partial charge in [-0.25, -0.2) is 4.39 Å². The van der Waals surface area contributed by atoms with Gasteiger partial charge in [-0.15, -0.1) is 13.2 Å². The van der Waals surface area contributed by atoms with Crippen LogP contribution in [0.1, 0.15) is 5.56 Å². The molecule has 8 heteroatoms. The zero-order valence-electron chi connectivity index (χ0n) is 12.4. The van der Waals surface area contributed by atoms with Gasteiger partial charge in [0.1, 0.15) is 11.6 Å². The van der Waals surface area contributed by atoms with Crippen LogP contribution in [0, 0.1) is 5.82 Å². The Labute approximate surface area is 135 Å². The highest BCUT2D eigenvalue weighted by Crippen LogP contribution is 2.24. The first-order valence-corrected chi connectivity index (χ1v) is 6.93. The first kappa shape index (κ1) is 17.6. The van der Waals surface area contributed by atoms with Gasteiger partial charge in [0.25, 0.3) is 0 Å². The van der Waals surface area contributed by atoms with Crippen molar-refractivity contribution in [1.82, 2.24) is 5.32 Å². The molecule has 0 aromatic heterocycles. The lowest BCUT2D eigenvalue weighted by Gasteiger charge is -2.11. The minimum absolute atomic E-state index is 0.128. The van der Waals surface area contributed by atoms with Crippen LogP contribution in [0.15, 0.2) is 48.5 Å². The summed E-state index contributed by atoms with van der Waals surface area (Å²) < 4.78 is 53.0. The zero-order valence-corrected chi connectivity index (χ0v) is 12.4. The van der Waals surface area contributed by atoms with Gasteiger partial charge in [-0.05, 0) is 29.8 Å². The van der Waals surface area contributed by atoms with E-state index in [1.807, 2.05) is 0 Å². The molecule has 4 nitrogen and oxygen atoms in total. The Kier molecular flexibility index (Phi) is 5.62. The molecule has 0 fully saturated rings. The van der Waals surface area contributed by atoms with E-state index < -0.39 is 6.36 Å². The van der Waals surface area contributed by atoms with E-state index in [-0.39, 0.29) is 30.6 Å². The lowest BCUT2D eigenvalue weighted by atomic mass is 10.2. The van der Waals surface area contributed by atoms with E-state index in [2.05, 4.69) is 15.4 Å². The molecule has 0 aliphatic rings. The molecule has 0 saturated heterocycles. The van der Waals surface area contributed by atoms with Crippen LogP contribution in [0.5, 0.6) is 5.75 Å². The van der Waals surface area contributed by atoms with E-state index in [1.54, 1.807) is 12.1 Å². The first-order valence-electron chi connectivity index (χ1n) is 6.93. The van der Waals surface area contributed by atoms with E-state index in [0.717, 1.165) is 17.7 Å². The van der Waals surface area contributed by atoms with Gasteiger partial charge < -0.3 is 15.4 Å². The fraction of sp³-hybridized carbons (Fsp3) is 0.188. The standard InChI is InChI=1S/C16H14F4N2O2/c17-12-6-4-11(5-7-12)9-22-15(23)10-21-13-2-1-3-14(8-13)24-16(18,19)20/h1-8,21H,9-10H2,(H,22,23). The maximum atomic E-state index is 12.8. The highest BCUT2D eigenvalue weighted by atomic mass is 19.4. The van der Waals surface area contributed by atoms with Gasteiger partial charge in [-0.2, -0.15) is 0 Å². The smallest absolute Gasteiger partial charge is 0.406 e. The molecule has 0 aliphatic carbocycles. The predicted molar refractivity (Wildman–Crippen MR) is 79.9 cm³/mol. The van der Waals surface area contributed by atoms with Gasteiger partial charge in [0.15, 0.2) is 0 Å². The number of ether oxygens (including phenoxy) is 1. The summed E-state index contributed by atoms with van der Waals surface area (Å²) in [7, 11) is 0. The van der Waals surface area contributed by atoms with Crippen molar-refractivity contribution >= 4 is 11.6 Å². The molecule has 2 aromatic carbocycles. The maximum Gasteiger partial charge on any atom is 0.573 e. The summed E-state index contributed by atoms with van der Waals surface area (Å²) in [5.41, 5.74) is 1.04. The number of rotatable bonds is 6. The summed E-state index contributed by atoms with van der Waals surface area (Å²) in [5.74, 6) is -1.10. The topological polar surface area (TPSA) is 50.4 Å². The van der Waals surface area contributed by atoms with Crippen LogP contribution in [0.2, 0.25) is 0 Å². The van der Waals surface area contributed by atoms with Gasteiger partial charge in [-0.1, -0.05) is 18.2 Å². The Morgan fingerprint density at radius 3 is 2.46 bits per heavy atom. The molecule has 0 spiro atoms. The summed E-state index contributed by atoms with van der Waals surface area (Å²) in [5, 5.41) is 5.30. The van der Waals surface area contributed by atoms with E-state index in [0.29, 0.717) is 5.69 Å². The summed E-state index contributed by atoms with van der Waals surface area (Å²) in [6.45, 7) is 0.0919. The van der Waals surface area contributed by atoms with E-state index >= 15 is 0 Å². The van der Waals surface area contributed by atoms with Crippen LogP contribution in [-0.2, 0) is 11.3 Å². The van der Waals surface area contributed by atoms with Crippen molar-refractivity contribution in [3.8, 4) is 5.75 Å². The molecule has 24 heavy (non-hydrogen) atoms. The van der Waals surface area contributed by atoms with Crippen LogP contribution >= 0.6 is 0 Å². The van der Waals surface area contributed by atoms with Crippen molar-refractivity contribution in [2.45, 2.75) is 12.9 Å². The van der Waals surface area contributed by atoms with E-state index in [1.165, 1.54) is 24.3 Å². The van der Waals surface area contributed by atoms with Crippen molar-refractivity contribution in [3.05, 3.63) is 59.9 Å². The highest BCUT2D eigenvalue weighted by molar-refractivity contribution is 5.80. The first-order chi connectivity index (χ1) is 11.3. The molecule has 2 aromatic rings. The quantitative estimate of drug-likeness (QED) is 0.791. The summed E-state index contributed by atoms with van der Waals surface area (Å²) >= 11 is 0. The average molecular weight is 342 g/mol. The molecule has 0 unspecified atom stereocenters. The van der Waals surface area contributed by atoms with Gasteiger partial charge in [-0.3, -0.25) is 4.79 Å². The van der Waals surface area contributed by atoms with Crippen molar-refractivity contribution in [2.75, 3.05) is 11.9 Å². The number of carbonyl (C=O) groups excluding carboxylic acids is 1. The Morgan fingerprint density at radius 2 is 1.79 bits per heavy atom. The maximum absolute atomic E-state index is 12.8. The molecule has 1 amide bonds. The van der Waals surface area contributed by atoms with E-state index in [4.69, 9.17) is 0 Å².